The van der Waals surface area contributed by atoms with Crippen molar-refractivity contribution in [2.24, 2.45) is 0 Å². The molecule has 0 bridgehead atoms. The summed E-state index contributed by atoms with van der Waals surface area (Å²) in [4.78, 5) is 33.8. The highest BCUT2D eigenvalue weighted by atomic mass is 35.5. The number of fused-ring (bicyclic) bond motifs is 1. The molecule has 1 aromatic heterocycles. The maximum atomic E-state index is 12.6. The number of piperazine rings is 1. The molecular weight excluding hydrogens is 426 g/mol. The predicted octanol–water partition coefficient (Wildman–Crippen LogP) is 4.52. The first-order chi connectivity index (χ1) is 15.5. The fourth-order valence-corrected chi connectivity index (χ4v) is 4.17. The van der Waals surface area contributed by atoms with E-state index in [-0.39, 0.29) is 24.5 Å². The number of nitrogens with zero attached hydrogens (tertiary/aromatic N) is 3. The molecule has 2 aromatic carbocycles. The van der Waals surface area contributed by atoms with Crippen LogP contribution in [-0.4, -0.2) is 54.9 Å². The Bertz CT molecular complexity index is 1140. The molecule has 0 aliphatic carbocycles. The molecule has 1 saturated heterocycles. The third-order valence-electron chi connectivity index (χ3n) is 5.90. The van der Waals surface area contributed by atoms with Crippen molar-refractivity contribution in [2.75, 3.05) is 38.2 Å². The lowest BCUT2D eigenvalue weighted by Crippen LogP contribution is -2.49. The molecule has 6 nitrogen and oxygen atoms in total. The number of hydrogen-bond donors (Lipinski definition) is 0. The Morgan fingerprint density at radius 2 is 1.75 bits per heavy atom. The van der Waals surface area contributed by atoms with Gasteiger partial charge in [0.1, 0.15) is 17.1 Å². The molecule has 166 valence electrons. The number of hydrogen-bond acceptors (Lipinski definition) is 5. The van der Waals surface area contributed by atoms with Gasteiger partial charge in [-0.3, -0.25) is 9.59 Å². The molecule has 32 heavy (non-hydrogen) atoms. The van der Waals surface area contributed by atoms with E-state index in [2.05, 4.69) is 17.9 Å². The average Bonchev–Trinajstić information content (AvgIpc) is 2.82. The average molecular weight is 452 g/mol. The summed E-state index contributed by atoms with van der Waals surface area (Å²) in [6.45, 7) is 4.69. The lowest BCUT2D eigenvalue weighted by atomic mass is 10.1. The fourth-order valence-electron chi connectivity index (χ4n) is 4.04. The largest absolute Gasteiger partial charge is 0.494 e. The van der Waals surface area contributed by atoms with Gasteiger partial charge in [0.05, 0.1) is 7.11 Å². The van der Waals surface area contributed by atoms with Gasteiger partial charge in [0, 0.05) is 55.0 Å². The number of carbonyl (C=O) groups excluding carboxylic acids is 2. The Labute approximate surface area is 192 Å². The van der Waals surface area contributed by atoms with Crippen molar-refractivity contribution in [2.45, 2.75) is 19.8 Å². The van der Waals surface area contributed by atoms with Crippen LogP contribution in [0.15, 0.2) is 48.5 Å². The number of amides is 1. The van der Waals surface area contributed by atoms with Crippen LogP contribution in [0.5, 0.6) is 5.75 Å². The second-order valence-corrected chi connectivity index (χ2v) is 8.39. The molecule has 0 atom stereocenters. The second-order valence-electron chi connectivity index (χ2n) is 7.95. The van der Waals surface area contributed by atoms with Crippen molar-refractivity contribution >= 4 is 40.0 Å². The summed E-state index contributed by atoms with van der Waals surface area (Å²) >= 11 is 5.87. The van der Waals surface area contributed by atoms with Crippen molar-refractivity contribution in [1.82, 2.24) is 9.88 Å². The number of aryl methyl sites for hydroxylation is 1. The number of aromatic nitrogens is 1. The number of pyridine rings is 1. The number of anilines is 1. The van der Waals surface area contributed by atoms with Crippen LogP contribution in [0.2, 0.25) is 5.02 Å². The van der Waals surface area contributed by atoms with Crippen molar-refractivity contribution < 1.29 is 14.3 Å². The number of ketones is 1. The van der Waals surface area contributed by atoms with Crippen LogP contribution in [0.4, 0.5) is 5.82 Å². The first-order valence-corrected chi connectivity index (χ1v) is 11.1. The molecular formula is C25H26ClN3O3. The lowest BCUT2D eigenvalue weighted by molar-refractivity contribution is -0.131. The van der Waals surface area contributed by atoms with E-state index in [1.54, 1.807) is 31.4 Å². The summed E-state index contributed by atoms with van der Waals surface area (Å²) in [6.07, 6.45) is 0.415. The highest BCUT2D eigenvalue weighted by molar-refractivity contribution is 6.30. The summed E-state index contributed by atoms with van der Waals surface area (Å²) in [7, 11) is 1.65. The van der Waals surface area contributed by atoms with Crippen LogP contribution in [-0.2, 0) is 4.79 Å². The number of halogens is 1. The molecule has 1 amide bonds. The van der Waals surface area contributed by atoms with Crippen LogP contribution in [0.3, 0.4) is 0 Å². The van der Waals surface area contributed by atoms with Gasteiger partial charge in [0.15, 0.2) is 5.78 Å². The molecule has 3 aromatic rings. The smallest absolute Gasteiger partial charge is 0.223 e. The molecule has 0 spiro atoms. The Hall–Kier alpha value is -3.12. The molecule has 2 heterocycles. The topological polar surface area (TPSA) is 62.7 Å². The summed E-state index contributed by atoms with van der Waals surface area (Å²) in [5.41, 5.74) is 2.58. The zero-order chi connectivity index (χ0) is 22.7. The maximum absolute atomic E-state index is 12.6. The minimum atomic E-state index is -0.0431. The number of para-hydroxylation sites is 1. The number of rotatable bonds is 6. The summed E-state index contributed by atoms with van der Waals surface area (Å²) in [5.74, 6) is 1.62. The third-order valence-corrected chi connectivity index (χ3v) is 6.16. The Morgan fingerprint density at radius 3 is 2.44 bits per heavy atom. The van der Waals surface area contributed by atoms with Crippen LogP contribution in [0.1, 0.15) is 28.8 Å². The fraction of sp³-hybridized carbons (Fsp3) is 0.320. The van der Waals surface area contributed by atoms with Gasteiger partial charge in [0.25, 0.3) is 0 Å². The number of Topliss-reactive ketones (excluding diaryl/α,β-unsaturated/α-hetero) is 1. The predicted molar refractivity (Wildman–Crippen MR) is 127 cm³/mol. The molecule has 0 saturated carbocycles. The van der Waals surface area contributed by atoms with E-state index in [1.165, 1.54) is 0 Å². The number of ether oxygens (including phenoxy) is 1. The molecule has 0 N–H and O–H groups in total. The molecule has 1 aliphatic heterocycles. The van der Waals surface area contributed by atoms with Gasteiger partial charge in [-0.1, -0.05) is 23.7 Å². The molecule has 1 fully saturated rings. The third kappa shape index (κ3) is 4.70. The van der Waals surface area contributed by atoms with Crippen LogP contribution in [0, 0.1) is 6.92 Å². The van der Waals surface area contributed by atoms with Crippen LogP contribution < -0.4 is 9.64 Å². The van der Waals surface area contributed by atoms with Gasteiger partial charge in [-0.25, -0.2) is 4.98 Å². The van der Waals surface area contributed by atoms with Gasteiger partial charge in [-0.2, -0.15) is 0 Å². The monoisotopic (exact) mass is 451 g/mol. The second kappa shape index (κ2) is 9.57. The van der Waals surface area contributed by atoms with Gasteiger partial charge < -0.3 is 14.5 Å². The minimum Gasteiger partial charge on any atom is -0.494 e. The molecule has 0 unspecified atom stereocenters. The zero-order valence-corrected chi connectivity index (χ0v) is 19.1. The quantitative estimate of drug-likeness (QED) is 0.516. The molecule has 1 aliphatic rings. The minimum absolute atomic E-state index is 0.0104. The number of methoxy groups -OCH3 is 1. The van der Waals surface area contributed by atoms with Crippen molar-refractivity contribution in [1.29, 1.82) is 0 Å². The van der Waals surface area contributed by atoms with Gasteiger partial charge in [0.2, 0.25) is 5.91 Å². The van der Waals surface area contributed by atoms with E-state index >= 15 is 0 Å². The summed E-state index contributed by atoms with van der Waals surface area (Å²) < 4.78 is 5.49. The van der Waals surface area contributed by atoms with Crippen molar-refractivity contribution in [3.8, 4) is 5.75 Å². The van der Waals surface area contributed by atoms with Crippen molar-refractivity contribution in [3.63, 3.8) is 0 Å². The van der Waals surface area contributed by atoms with Gasteiger partial charge in [-0.15, -0.1) is 0 Å². The normalized spacial score (nSPS) is 14.0. The lowest BCUT2D eigenvalue weighted by Gasteiger charge is -2.35. The van der Waals surface area contributed by atoms with Gasteiger partial charge >= 0.3 is 0 Å². The van der Waals surface area contributed by atoms with Gasteiger partial charge in [-0.05, 0) is 48.9 Å². The summed E-state index contributed by atoms with van der Waals surface area (Å²) in [5, 5.41) is 1.66. The number of carbonyl (C=O) groups is 2. The maximum Gasteiger partial charge on any atom is 0.223 e. The van der Waals surface area contributed by atoms with E-state index in [4.69, 9.17) is 21.3 Å². The highest BCUT2D eigenvalue weighted by Crippen LogP contribution is 2.29. The molecule has 0 radical (unpaired) electrons. The first kappa shape index (κ1) is 22.1. The van der Waals surface area contributed by atoms with Crippen LogP contribution >= 0.6 is 11.6 Å². The summed E-state index contributed by atoms with van der Waals surface area (Å²) in [6, 6.07) is 14.8. The first-order valence-electron chi connectivity index (χ1n) is 10.7. The number of benzene rings is 2. The molecule has 4 rings (SSSR count). The zero-order valence-electron chi connectivity index (χ0n) is 18.3. The highest BCUT2D eigenvalue weighted by Gasteiger charge is 2.23. The molecule has 7 heteroatoms. The Balaban J connectivity index is 1.36. The Kier molecular flexibility index (Phi) is 6.61. The SMILES string of the molecule is COc1cccc2c(C)cc(N3CCN(C(=O)CCC(=O)c4ccc(Cl)cc4)CC3)nc12. The van der Waals surface area contributed by atoms with E-state index in [0.29, 0.717) is 36.8 Å². The van der Waals surface area contributed by atoms with Crippen molar-refractivity contribution in [3.05, 3.63) is 64.7 Å². The van der Waals surface area contributed by atoms with E-state index in [9.17, 15) is 9.59 Å². The van der Waals surface area contributed by atoms with Crippen LogP contribution in [0.25, 0.3) is 10.9 Å². The van der Waals surface area contributed by atoms with E-state index in [1.807, 2.05) is 23.1 Å². The Morgan fingerprint density at radius 1 is 1.03 bits per heavy atom. The van der Waals surface area contributed by atoms with E-state index in [0.717, 1.165) is 28.0 Å². The van der Waals surface area contributed by atoms with E-state index < -0.39 is 0 Å². The standard InChI is InChI=1S/C25H26ClN3O3/c1-17-16-23(27-25-20(17)4-3-5-22(25)32-2)28-12-14-29(15-13-28)24(31)11-10-21(30)18-6-8-19(26)9-7-18/h3-9,16H,10-15H2,1-2H3.